The molecule has 0 amide bonds. The van der Waals surface area contributed by atoms with Crippen molar-refractivity contribution in [1.29, 1.82) is 0 Å². The molecule has 1 atom stereocenters. The molecule has 0 aromatic heterocycles. The van der Waals surface area contributed by atoms with Crippen LogP contribution in [0.15, 0.2) is 0 Å². The summed E-state index contributed by atoms with van der Waals surface area (Å²) in [7, 11) is -0.259. The summed E-state index contributed by atoms with van der Waals surface area (Å²) in [6.45, 7) is 8.64. The summed E-state index contributed by atoms with van der Waals surface area (Å²) in [6.07, 6.45) is 6.49. The Bertz CT molecular complexity index is 113. The minimum Gasteiger partial charge on any atom is -0.273 e. The van der Waals surface area contributed by atoms with Crippen LogP contribution in [-0.2, 0) is 0 Å². The molecular weight excluding hydrogens is 141 g/mol. The molecule has 0 spiro atoms. The largest absolute Gasteiger partial charge is 0.273 e. The summed E-state index contributed by atoms with van der Waals surface area (Å²) in [6, 6.07) is 0. The van der Waals surface area contributed by atoms with E-state index in [2.05, 4.69) is 31.1 Å². The third-order valence-corrected chi connectivity index (χ3v) is 3.67. The number of hydrogen-bond acceptors (Lipinski definition) is 1. The fourth-order valence-electron chi connectivity index (χ4n) is 0.938. The van der Waals surface area contributed by atoms with E-state index >= 15 is 0 Å². The first kappa shape index (κ1) is 9.95. The molecule has 0 aromatic rings. The van der Waals surface area contributed by atoms with Crippen LogP contribution in [0.25, 0.3) is 0 Å². The Kier molecular flexibility index (Phi) is 5.69. The molecule has 0 rings (SSSR count). The summed E-state index contributed by atoms with van der Waals surface area (Å²) in [5.74, 6) is 0. The van der Waals surface area contributed by atoms with Crippen LogP contribution >= 0.6 is 8.07 Å². The predicted octanol–water partition coefficient (Wildman–Crippen LogP) is 2.34. The van der Waals surface area contributed by atoms with Crippen LogP contribution in [-0.4, -0.2) is 23.9 Å². The fraction of sp³-hybridized carbons (Fsp3) is 0.750. The van der Waals surface area contributed by atoms with E-state index in [9.17, 15) is 0 Å². The van der Waals surface area contributed by atoms with Gasteiger partial charge in [-0.1, -0.05) is 26.4 Å². The zero-order valence-corrected chi connectivity index (χ0v) is 7.99. The van der Waals surface area contributed by atoms with Gasteiger partial charge in [0.05, 0.1) is 0 Å². The highest BCUT2D eigenvalue weighted by Gasteiger charge is 2.08. The van der Waals surface area contributed by atoms with Crippen LogP contribution in [0.4, 0.5) is 0 Å². The van der Waals surface area contributed by atoms with E-state index in [-0.39, 0.29) is 8.07 Å². The van der Waals surface area contributed by atoms with E-state index < -0.39 is 0 Å². The number of hydrogen-bond donors (Lipinski definition) is 0. The van der Waals surface area contributed by atoms with Gasteiger partial charge in [-0.15, -0.1) is 6.42 Å². The minimum atomic E-state index is -0.259. The molecule has 0 fully saturated rings. The first-order valence-electron chi connectivity index (χ1n) is 3.78. The maximum Gasteiger partial charge on any atom is 0.0436 e. The van der Waals surface area contributed by atoms with Gasteiger partial charge in [-0.05, 0) is 6.16 Å². The van der Waals surface area contributed by atoms with Gasteiger partial charge in [0.1, 0.15) is 0 Å². The molecule has 0 radical (unpaired) electrons. The van der Waals surface area contributed by atoms with Gasteiger partial charge < -0.3 is 0 Å². The Morgan fingerprint density at radius 1 is 1.30 bits per heavy atom. The normalized spacial score (nSPS) is 13.1. The van der Waals surface area contributed by atoms with Gasteiger partial charge in [-0.3, -0.25) is 4.67 Å². The maximum absolute atomic E-state index is 5.37. The molecule has 0 aliphatic rings. The summed E-state index contributed by atoms with van der Waals surface area (Å²) in [5, 5.41) is 0. The smallest absolute Gasteiger partial charge is 0.0436 e. The summed E-state index contributed by atoms with van der Waals surface area (Å²) in [4.78, 5) is 0. The van der Waals surface area contributed by atoms with Crippen molar-refractivity contribution in [3.05, 3.63) is 0 Å². The van der Waals surface area contributed by atoms with Gasteiger partial charge >= 0.3 is 0 Å². The van der Waals surface area contributed by atoms with Gasteiger partial charge in [0.25, 0.3) is 0 Å². The van der Waals surface area contributed by atoms with Crippen LogP contribution in [0.3, 0.4) is 0 Å². The second kappa shape index (κ2) is 5.71. The maximum atomic E-state index is 5.37. The Hall–Kier alpha value is -0.0500. The van der Waals surface area contributed by atoms with Crippen molar-refractivity contribution in [3.63, 3.8) is 0 Å². The molecule has 0 aliphatic carbocycles. The van der Waals surface area contributed by atoms with Crippen molar-refractivity contribution in [2.24, 2.45) is 0 Å². The highest BCUT2D eigenvalue weighted by molar-refractivity contribution is 7.60. The van der Waals surface area contributed by atoms with E-state index in [4.69, 9.17) is 6.42 Å². The molecule has 2 heteroatoms. The first-order valence-corrected chi connectivity index (χ1v) is 5.26. The van der Waals surface area contributed by atoms with Gasteiger partial charge in [0.2, 0.25) is 0 Å². The fourth-order valence-corrected chi connectivity index (χ4v) is 2.37. The lowest BCUT2D eigenvalue weighted by Crippen LogP contribution is -2.16. The van der Waals surface area contributed by atoms with Crippen LogP contribution in [0, 0.1) is 12.1 Å². The molecule has 0 saturated carbocycles. The third-order valence-electron chi connectivity index (χ3n) is 1.52. The summed E-state index contributed by atoms with van der Waals surface area (Å²) >= 11 is 0. The van der Waals surface area contributed by atoms with Crippen LogP contribution < -0.4 is 0 Å². The van der Waals surface area contributed by atoms with Crippen molar-refractivity contribution < 1.29 is 0 Å². The monoisotopic (exact) mass is 157 g/mol. The minimum absolute atomic E-state index is 0.259. The zero-order valence-electron chi connectivity index (χ0n) is 7.09. The first-order chi connectivity index (χ1) is 4.79. The topological polar surface area (TPSA) is 3.24 Å². The Morgan fingerprint density at radius 3 is 1.90 bits per heavy atom. The summed E-state index contributed by atoms with van der Waals surface area (Å²) in [5.41, 5.74) is 2.84. The second-order valence-electron chi connectivity index (χ2n) is 1.98. The average molecular weight is 157 g/mol. The molecule has 58 valence electrons. The Morgan fingerprint density at radius 2 is 1.80 bits per heavy atom. The standard InChI is InChI=1S/C8H16NP/c1-5-9(6-2)10(7-3)8-4/h3H,5-6,8H2,1-2,4H3. The number of nitrogens with zero attached hydrogens (tertiary/aromatic N) is 1. The molecule has 0 saturated heterocycles. The molecule has 10 heavy (non-hydrogen) atoms. The van der Waals surface area contributed by atoms with E-state index in [0.717, 1.165) is 19.3 Å². The highest BCUT2D eigenvalue weighted by atomic mass is 31.1. The number of rotatable bonds is 4. The zero-order chi connectivity index (χ0) is 7.98. The lowest BCUT2D eigenvalue weighted by Gasteiger charge is -2.23. The van der Waals surface area contributed by atoms with Crippen molar-refractivity contribution >= 4 is 8.07 Å². The van der Waals surface area contributed by atoms with Gasteiger partial charge in [-0.2, -0.15) is 0 Å². The number of terminal acetylenes is 1. The van der Waals surface area contributed by atoms with Crippen LogP contribution in [0.2, 0.25) is 0 Å². The van der Waals surface area contributed by atoms with Crippen LogP contribution in [0.1, 0.15) is 20.8 Å². The van der Waals surface area contributed by atoms with Crippen LogP contribution in [0.5, 0.6) is 0 Å². The lowest BCUT2D eigenvalue weighted by atomic mass is 10.7. The molecular formula is C8H16NP. The van der Waals surface area contributed by atoms with Crippen molar-refractivity contribution in [3.8, 4) is 12.1 Å². The van der Waals surface area contributed by atoms with Crippen molar-refractivity contribution in [1.82, 2.24) is 4.67 Å². The molecule has 0 aliphatic heterocycles. The average Bonchev–Trinajstić information content (AvgIpc) is 2.00. The molecule has 0 bridgehead atoms. The van der Waals surface area contributed by atoms with Crippen molar-refractivity contribution in [2.45, 2.75) is 20.8 Å². The highest BCUT2D eigenvalue weighted by Crippen LogP contribution is 2.37. The molecule has 0 heterocycles. The van der Waals surface area contributed by atoms with Crippen molar-refractivity contribution in [2.75, 3.05) is 19.3 Å². The van der Waals surface area contributed by atoms with E-state index in [0.29, 0.717) is 0 Å². The van der Waals surface area contributed by atoms with Gasteiger partial charge in [-0.25, -0.2) is 0 Å². The SMILES string of the molecule is C#CP(CC)N(CC)CC. The third kappa shape index (κ3) is 2.69. The molecule has 1 nitrogen and oxygen atoms in total. The summed E-state index contributed by atoms with van der Waals surface area (Å²) < 4.78 is 2.36. The predicted molar refractivity (Wildman–Crippen MR) is 49.2 cm³/mol. The Labute approximate surface area is 65.6 Å². The second-order valence-corrected chi connectivity index (χ2v) is 4.24. The Balaban J connectivity index is 3.85. The molecule has 0 N–H and O–H groups in total. The molecule has 0 aromatic carbocycles. The lowest BCUT2D eigenvalue weighted by molar-refractivity contribution is 0.511. The molecule has 1 unspecified atom stereocenters. The van der Waals surface area contributed by atoms with Gasteiger partial charge in [0, 0.05) is 21.2 Å². The van der Waals surface area contributed by atoms with E-state index in [1.807, 2.05) is 0 Å². The van der Waals surface area contributed by atoms with E-state index in [1.165, 1.54) is 0 Å². The van der Waals surface area contributed by atoms with E-state index in [1.54, 1.807) is 0 Å². The quantitative estimate of drug-likeness (QED) is 0.447. The van der Waals surface area contributed by atoms with Gasteiger partial charge in [0.15, 0.2) is 0 Å².